The summed E-state index contributed by atoms with van der Waals surface area (Å²) in [5.41, 5.74) is 0. The second-order valence-corrected chi connectivity index (χ2v) is 3.53. The lowest BCUT2D eigenvalue weighted by Crippen LogP contribution is -2.23. The first kappa shape index (κ1) is 11.0. The molecule has 2 atom stereocenters. The molecule has 2 nitrogen and oxygen atoms in total. The maximum atomic E-state index is 11.1. The molecule has 2 unspecified atom stereocenters. The van der Waals surface area contributed by atoms with Crippen LogP contribution in [-0.2, 0) is 9.53 Å². The Labute approximate surface area is 76.4 Å². The first-order valence-electron chi connectivity index (χ1n) is 3.94. The number of hydrogen-bond acceptors (Lipinski definition) is 2. The summed E-state index contributed by atoms with van der Waals surface area (Å²) >= 11 is 3.30. The zero-order valence-corrected chi connectivity index (χ0v) is 8.85. The number of esters is 1. The Morgan fingerprint density at radius 3 is 2.45 bits per heavy atom. The average Bonchev–Trinajstić information content (AvgIpc) is 2.02. The lowest BCUT2D eigenvalue weighted by atomic mass is 10.1. The molecular weight excluding hydrogens is 208 g/mol. The van der Waals surface area contributed by atoms with Gasteiger partial charge < -0.3 is 4.74 Å². The molecule has 0 aliphatic heterocycles. The molecule has 11 heavy (non-hydrogen) atoms. The SMILES string of the molecule is CCOC(=O)C(Br)C(C)CC. The van der Waals surface area contributed by atoms with Gasteiger partial charge in [0.25, 0.3) is 0 Å². The van der Waals surface area contributed by atoms with Crippen LogP contribution in [0.15, 0.2) is 0 Å². The highest BCUT2D eigenvalue weighted by atomic mass is 79.9. The summed E-state index contributed by atoms with van der Waals surface area (Å²) in [6.07, 6.45) is 0.981. The molecule has 0 rings (SSSR count). The van der Waals surface area contributed by atoms with Crippen LogP contribution >= 0.6 is 15.9 Å². The number of ether oxygens (including phenoxy) is 1. The van der Waals surface area contributed by atoms with Gasteiger partial charge in [0.1, 0.15) is 4.83 Å². The molecule has 0 aromatic carbocycles. The summed E-state index contributed by atoms with van der Waals surface area (Å²) in [4.78, 5) is 10.9. The topological polar surface area (TPSA) is 26.3 Å². The summed E-state index contributed by atoms with van der Waals surface area (Å²) in [7, 11) is 0. The molecule has 0 aliphatic rings. The van der Waals surface area contributed by atoms with E-state index in [4.69, 9.17) is 4.74 Å². The third-order valence-corrected chi connectivity index (χ3v) is 2.93. The highest BCUT2D eigenvalue weighted by Crippen LogP contribution is 2.17. The van der Waals surface area contributed by atoms with E-state index in [0.717, 1.165) is 6.42 Å². The van der Waals surface area contributed by atoms with Crippen molar-refractivity contribution in [2.45, 2.75) is 32.0 Å². The Balaban J connectivity index is 3.80. The standard InChI is InChI=1S/C8H15BrO2/c1-4-6(3)7(9)8(10)11-5-2/h6-7H,4-5H2,1-3H3. The Bertz CT molecular complexity index is 125. The van der Waals surface area contributed by atoms with Gasteiger partial charge in [0.2, 0.25) is 0 Å². The van der Waals surface area contributed by atoms with Crippen molar-refractivity contribution in [3.63, 3.8) is 0 Å². The second-order valence-electron chi connectivity index (χ2n) is 2.54. The van der Waals surface area contributed by atoms with Gasteiger partial charge in [-0.05, 0) is 12.8 Å². The molecule has 0 bridgehead atoms. The second kappa shape index (κ2) is 5.58. The van der Waals surface area contributed by atoms with Crippen LogP contribution in [0.5, 0.6) is 0 Å². The van der Waals surface area contributed by atoms with Crippen molar-refractivity contribution in [1.29, 1.82) is 0 Å². The van der Waals surface area contributed by atoms with E-state index in [2.05, 4.69) is 22.9 Å². The molecule has 0 aromatic rings. The van der Waals surface area contributed by atoms with Gasteiger partial charge >= 0.3 is 5.97 Å². The molecule has 0 aliphatic carbocycles. The summed E-state index contributed by atoms with van der Waals surface area (Å²) in [5.74, 6) is 0.191. The highest BCUT2D eigenvalue weighted by Gasteiger charge is 2.21. The van der Waals surface area contributed by atoms with Crippen LogP contribution in [0.3, 0.4) is 0 Å². The zero-order chi connectivity index (χ0) is 8.85. The fourth-order valence-electron chi connectivity index (χ4n) is 0.661. The number of alkyl halides is 1. The highest BCUT2D eigenvalue weighted by molar-refractivity contribution is 9.10. The van der Waals surface area contributed by atoms with Crippen molar-refractivity contribution < 1.29 is 9.53 Å². The van der Waals surface area contributed by atoms with Crippen LogP contribution in [0.4, 0.5) is 0 Å². The predicted molar refractivity (Wildman–Crippen MR) is 48.8 cm³/mol. The molecule has 0 fully saturated rings. The molecule has 0 saturated carbocycles. The van der Waals surface area contributed by atoms with Crippen LogP contribution in [0.25, 0.3) is 0 Å². The van der Waals surface area contributed by atoms with Crippen molar-refractivity contribution in [2.75, 3.05) is 6.61 Å². The number of halogens is 1. The Hall–Kier alpha value is -0.0500. The molecule has 0 heterocycles. The lowest BCUT2D eigenvalue weighted by Gasteiger charge is -2.14. The molecule has 0 aromatic heterocycles. The van der Waals surface area contributed by atoms with Crippen molar-refractivity contribution >= 4 is 21.9 Å². The van der Waals surface area contributed by atoms with Crippen LogP contribution in [0.2, 0.25) is 0 Å². The van der Waals surface area contributed by atoms with Gasteiger partial charge in [0.15, 0.2) is 0 Å². The molecule has 3 heteroatoms. The van der Waals surface area contributed by atoms with E-state index in [1.165, 1.54) is 0 Å². The van der Waals surface area contributed by atoms with Gasteiger partial charge in [-0.1, -0.05) is 36.2 Å². The number of carbonyl (C=O) groups is 1. The molecular formula is C8H15BrO2. The monoisotopic (exact) mass is 222 g/mol. The summed E-state index contributed by atoms with van der Waals surface area (Å²) < 4.78 is 4.84. The number of rotatable bonds is 4. The van der Waals surface area contributed by atoms with E-state index >= 15 is 0 Å². The van der Waals surface area contributed by atoms with Crippen LogP contribution < -0.4 is 0 Å². The Morgan fingerprint density at radius 2 is 2.09 bits per heavy atom. The van der Waals surface area contributed by atoms with Gasteiger partial charge in [0.05, 0.1) is 6.61 Å². The first-order valence-corrected chi connectivity index (χ1v) is 4.85. The summed E-state index contributed by atoms with van der Waals surface area (Å²) in [6.45, 7) is 6.35. The lowest BCUT2D eigenvalue weighted by molar-refractivity contribution is -0.143. The Morgan fingerprint density at radius 1 is 1.55 bits per heavy atom. The van der Waals surface area contributed by atoms with Crippen molar-refractivity contribution in [1.82, 2.24) is 0 Å². The average molecular weight is 223 g/mol. The minimum Gasteiger partial charge on any atom is -0.465 e. The third-order valence-electron chi connectivity index (χ3n) is 1.66. The minimum absolute atomic E-state index is 0.146. The van der Waals surface area contributed by atoms with E-state index < -0.39 is 0 Å². The summed E-state index contributed by atoms with van der Waals surface area (Å²) in [5, 5.41) is 0. The van der Waals surface area contributed by atoms with Crippen molar-refractivity contribution in [3.8, 4) is 0 Å². The van der Waals surface area contributed by atoms with Gasteiger partial charge in [0, 0.05) is 0 Å². The fraction of sp³-hybridized carbons (Fsp3) is 0.875. The van der Waals surface area contributed by atoms with Crippen molar-refractivity contribution in [2.24, 2.45) is 5.92 Å². The maximum Gasteiger partial charge on any atom is 0.319 e. The van der Waals surface area contributed by atoms with Gasteiger partial charge in [-0.15, -0.1) is 0 Å². The van der Waals surface area contributed by atoms with Gasteiger partial charge in [-0.25, -0.2) is 0 Å². The predicted octanol–water partition coefficient (Wildman–Crippen LogP) is 2.36. The van der Waals surface area contributed by atoms with Crippen LogP contribution in [0.1, 0.15) is 27.2 Å². The van der Waals surface area contributed by atoms with E-state index in [1.807, 2.05) is 13.8 Å². The molecule has 66 valence electrons. The molecule has 0 spiro atoms. The number of carbonyl (C=O) groups excluding carboxylic acids is 1. The van der Waals surface area contributed by atoms with Gasteiger partial charge in [-0.2, -0.15) is 0 Å². The normalized spacial score (nSPS) is 15.6. The maximum absolute atomic E-state index is 11.1. The Kier molecular flexibility index (Phi) is 5.56. The zero-order valence-electron chi connectivity index (χ0n) is 7.26. The van der Waals surface area contributed by atoms with E-state index in [1.54, 1.807) is 0 Å². The largest absolute Gasteiger partial charge is 0.465 e. The molecule has 0 radical (unpaired) electrons. The first-order chi connectivity index (χ1) is 5.13. The molecule has 0 saturated heterocycles. The summed E-state index contributed by atoms with van der Waals surface area (Å²) in [6, 6.07) is 0. The van der Waals surface area contributed by atoms with Crippen LogP contribution in [0, 0.1) is 5.92 Å². The third kappa shape index (κ3) is 3.75. The quantitative estimate of drug-likeness (QED) is 0.540. The van der Waals surface area contributed by atoms with E-state index in [0.29, 0.717) is 12.5 Å². The molecule has 0 amide bonds. The minimum atomic E-state index is -0.151. The number of hydrogen-bond donors (Lipinski definition) is 0. The van der Waals surface area contributed by atoms with Gasteiger partial charge in [-0.3, -0.25) is 4.79 Å². The molecule has 0 N–H and O–H groups in total. The van der Waals surface area contributed by atoms with E-state index in [-0.39, 0.29) is 10.8 Å². The van der Waals surface area contributed by atoms with E-state index in [9.17, 15) is 4.79 Å². The smallest absolute Gasteiger partial charge is 0.319 e. The van der Waals surface area contributed by atoms with Crippen molar-refractivity contribution in [3.05, 3.63) is 0 Å². The fourth-order valence-corrected chi connectivity index (χ4v) is 1.17. The van der Waals surface area contributed by atoms with Crippen LogP contribution in [-0.4, -0.2) is 17.4 Å².